The predicted octanol–water partition coefficient (Wildman–Crippen LogP) is 4.98. The van der Waals surface area contributed by atoms with E-state index in [1.54, 1.807) is 67.6 Å². The van der Waals surface area contributed by atoms with Crippen LogP contribution in [0.25, 0.3) is 5.76 Å². The maximum absolute atomic E-state index is 13.3. The maximum Gasteiger partial charge on any atom is 0.338 e. The molecule has 0 aromatic heterocycles. The normalized spacial score (nSPS) is 16.5. The third-order valence-electron chi connectivity index (χ3n) is 6.15. The Morgan fingerprint density at radius 2 is 1.66 bits per heavy atom. The first-order valence-corrected chi connectivity index (χ1v) is 12.4. The van der Waals surface area contributed by atoms with Crippen LogP contribution in [0.1, 0.15) is 53.4 Å². The summed E-state index contributed by atoms with van der Waals surface area (Å²) in [4.78, 5) is 39.9. The number of Topliss-reactive ketones (excluding diaryl/α,β-unsaturated/α-hetero) is 1. The third kappa shape index (κ3) is 5.54. The van der Waals surface area contributed by atoms with Crippen LogP contribution in [0, 0.1) is 0 Å². The first kappa shape index (κ1) is 26.5. The largest absolute Gasteiger partial charge is 0.508 e. The number of hydrogen-bond acceptors (Lipinski definition) is 7. The summed E-state index contributed by atoms with van der Waals surface area (Å²) in [7, 11) is 0. The van der Waals surface area contributed by atoms with Crippen molar-refractivity contribution in [2.75, 3.05) is 13.2 Å². The monoisotopic (exact) mass is 515 g/mol. The molecule has 8 nitrogen and oxygen atoms in total. The van der Waals surface area contributed by atoms with Crippen molar-refractivity contribution in [1.82, 2.24) is 4.90 Å². The fourth-order valence-corrected chi connectivity index (χ4v) is 4.31. The van der Waals surface area contributed by atoms with Gasteiger partial charge in [0, 0.05) is 12.1 Å². The summed E-state index contributed by atoms with van der Waals surface area (Å²) in [6.07, 6.45) is 0.808. The van der Waals surface area contributed by atoms with E-state index in [0.29, 0.717) is 34.6 Å². The van der Waals surface area contributed by atoms with E-state index in [1.807, 2.05) is 6.92 Å². The summed E-state index contributed by atoms with van der Waals surface area (Å²) in [5.74, 6) is -1.78. The zero-order chi connectivity index (χ0) is 27.2. The van der Waals surface area contributed by atoms with E-state index in [1.165, 1.54) is 17.0 Å². The van der Waals surface area contributed by atoms with Crippen molar-refractivity contribution in [3.05, 3.63) is 101 Å². The standard InChI is InChI=1S/C30H29NO7/c1-3-16-38-24-7-5-6-22(17-24)27(33)25-26(20-12-14-23(32)15-13-20)31(29(35)28(25)34)18-19-8-10-21(11-9-19)30(36)37-4-2/h5-15,17,26,32-33H,3-4,16,18H2,1-2H3/b27-25+. The number of carbonyl (C=O) groups excluding carboxylic acids is 3. The van der Waals surface area contributed by atoms with Gasteiger partial charge in [0.15, 0.2) is 0 Å². The lowest BCUT2D eigenvalue weighted by Gasteiger charge is -2.25. The van der Waals surface area contributed by atoms with E-state index >= 15 is 0 Å². The molecule has 0 spiro atoms. The highest BCUT2D eigenvalue weighted by Crippen LogP contribution is 2.41. The Labute approximate surface area is 220 Å². The number of amides is 1. The van der Waals surface area contributed by atoms with E-state index in [4.69, 9.17) is 9.47 Å². The minimum absolute atomic E-state index is 0.0287. The number of aliphatic hydroxyl groups excluding tert-OH is 1. The average Bonchev–Trinajstić information content (AvgIpc) is 3.17. The molecular formula is C30H29NO7. The molecule has 0 aliphatic carbocycles. The molecule has 38 heavy (non-hydrogen) atoms. The summed E-state index contributed by atoms with van der Waals surface area (Å²) in [5.41, 5.74) is 1.89. The number of hydrogen-bond donors (Lipinski definition) is 2. The number of carbonyl (C=O) groups is 3. The van der Waals surface area contributed by atoms with E-state index in [2.05, 4.69) is 0 Å². The van der Waals surface area contributed by atoms with Gasteiger partial charge in [0.2, 0.25) is 0 Å². The Kier molecular flexibility index (Phi) is 8.11. The van der Waals surface area contributed by atoms with Crippen LogP contribution < -0.4 is 4.74 Å². The molecule has 0 bridgehead atoms. The number of esters is 1. The lowest BCUT2D eigenvalue weighted by atomic mass is 9.95. The van der Waals surface area contributed by atoms with E-state index in [-0.39, 0.29) is 30.2 Å². The van der Waals surface area contributed by atoms with Gasteiger partial charge in [-0.1, -0.05) is 43.3 Å². The summed E-state index contributed by atoms with van der Waals surface area (Å²) in [6.45, 7) is 4.51. The minimum Gasteiger partial charge on any atom is -0.508 e. The SMILES string of the molecule is CCCOc1cccc(/C(O)=C2\C(=O)C(=O)N(Cc3ccc(C(=O)OCC)cc3)C2c2ccc(O)cc2)c1. The number of likely N-dealkylation sites (tertiary alicyclic amines) is 1. The summed E-state index contributed by atoms with van der Waals surface area (Å²) in [5, 5.41) is 21.1. The Bertz CT molecular complexity index is 1360. The van der Waals surface area contributed by atoms with Gasteiger partial charge in [0.05, 0.1) is 30.4 Å². The fourth-order valence-electron chi connectivity index (χ4n) is 4.31. The van der Waals surface area contributed by atoms with Gasteiger partial charge < -0.3 is 24.6 Å². The van der Waals surface area contributed by atoms with Crippen LogP contribution in [0.15, 0.2) is 78.4 Å². The molecule has 0 radical (unpaired) electrons. The molecule has 1 unspecified atom stereocenters. The molecular weight excluding hydrogens is 486 g/mol. The molecule has 1 heterocycles. The summed E-state index contributed by atoms with van der Waals surface area (Å²) >= 11 is 0. The molecule has 1 aliphatic rings. The second-order valence-corrected chi connectivity index (χ2v) is 8.81. The molecule has 0 saturated carbocycles. The number of nitrogens with zero attached hydrogens (tertiary/aromatic N) is 1. The number of aromatic hydroxyl groups is 1. The van der Waals surface area contributed by atoms with Gasteiger partial charge in [-0.3, -0.25) is 9.59 Å². The van der Waals surface area contributed by atoms with Gasteiger partial charge >= 0.3 is 5.97 Å². The van der Waals surface area contributed by atoms with E-state index < -0.39 is 23.7 Å². The molecule has 1 atom stereocenters. The van der Waals surface area contributed by atoms with Gasteiger partial charge in [0.1, 0.15) is 17.3 Å². The van der Waals surface area contributed by atoms with Crippen LogP contribution in [0.3, 0.4) is 0 Å². The lowest BCUT2D eigenvalue weighted by Crippen LogP contribution is -2.29. The van der Waals surface area contributed by atoms with Crippen LogP contribution in [0.4, 0.5) is 0 Å². The van der Waals surface area contributed by atoms with Crippen molar-refractivity contribution in [2.24, 2.45) is 0 Å². The molecule has 4 rings (SSSR count). The first-order valence-electron chi connectivity index (χ1n) is 12.4. The van der Waals surface area contributed by atoms with Crippen LogP contribution in [0.2, 0.25) is 0 Å². The minimum atomic E-state index is -0.902. The Morgan fingerprint density at radius 1 is 0.947 bits per heavy atom. The van der Waals surface area contributed by atoms with Crippen molar-refractivity contribution in [3.8, 4) is 11.5 Å². The first-order chi connectivity index (χ1) is 18.3. The highest BCUT2D eigenvalue weighted by atomic mass is 16.5. The average molecular weight is 516 g/mol. The molecule has 1 fully saturated rings. The second-order valence-electron chi connectivity index (χ2n) is 8.81. The number of aliphatic hydroxyl groups is 1. The molecule has 196 valence electrons. The summed E-state index contributed by atoms with van der Waals surface area (Å²) in [6, 6.07) is 18.5. The number of ether oxygens (including phenoxy) is 2. The molecule has 8 heteroatoms. The van der Waals surface area contributed by atoms with Gasteiger partial charge in [-0.2, -0.15) is 0 Å². The zero-order valence-electron chi connectivity index (χ0n) is 21.2. The van der Waals surface area contributed by atoms with Gasteiger partial charge in [-0.25, -0.2) is 4.79 Å². The fraction of sp³-hybridized carbons (Fsp3) is 0.233. The molecule has 1 saturated heterocycles. The number of rotatable bonds is 9. The van der Waals surface area contributed by atoms with E-state index in [0.717, 1.165) is 6.42 Å². The van der Waals surface area contributed by atoms with Gasteiger partial charge in [-0.05, 0) is 60.9 Å². The number of benzene rings is 3. The quantitative estimate of drug-likeness (QED) is 0.179. The smallest absolute Gasteiger partial charge is 0.338 e. The number of ketones is 1. The molecule has 1 aliphatic heterocycles. The Morgan fingerprint density at radius 3 is 2.32 bits per heavy atom. The number of phenols is 1. The number of phenolic OH excluding ortho intramolecular Hbond substituents is 1. The molecule has 2 N–H and O–H groups in total. The van der Waals surface area contributed by atoms with Gasteiger partial charge in [-0.15, -0.1) is 0 Å². The van der Waals surface area contributed by atoms with Crippen LogP contribution in [0.5, 0.6) is 11.5 Å². The Hall–Kier alpha value is -4.59. The molecule has 1 amide bonds. The molecule has 3 aromatic rings. The predicted molar refractivity (Wildman–Crippen MR) is 141 cm³/mol. The highest BCUT2D eigenvalue weighted by molar-refractivity contribution is 6.46. The highest BCUT2D eigenvalue weighted by Gasteiger charge is 2.46. The summed E-state index contributed by atoms with van der Waals surface area (Å²) < 4.78 is 10.7. The van der Waals surface area contributed by atoms with Crippen molar-refractivity contribution in [3.63, 3.8) is 0 Å². The maximum atomic E-state index is 13.3. The van der Waals surface area contributed by atoms with Gasteiger partial charge in [0.25, 0.3) is 11.7 Å². The van der Waals surface area contributed by atoms with Crippen molar-refractivity contribution < 1.29 is 34.1 Å². The van der Waals surface area contributed by atoms with Crippen molar-refractivity contribution in [2.45, 2.75) is 32.9 Å². The lowest BCUT2D eigenvalue weighted by molar-refractivity contribution is -0.140. The Balaban J connectivity index is 1.74. The van der Waals surface area contributed by atoms with Crippen molar-refractivity contribution >= 4 is 23.4 Å². The van der Waals surface area contributed by atoms with Crippen LogP contribution >= 0.6 is 0 Å². The zero-order valence-corrected chi connectivity index (χ0v) is 21.2. The topological polar surface area (TPSA) is 113 Å². The van der Waals surface area contributed by atoms with Crippen molar-refractivity contribution in [1.29, 1.82) is 0 Å². The van der Waals surface area contributed by atoms with Crippen LogP contribution in [-0.2, 0) is 20.9 Å². The third-order valence-corrected chi connectivity index (χ3v) is 6.15. The second kappa shape index (κ2) is 11.6. The molecule has 3 aromatic carbocycles. The van der Waals surface area contributed by atoms with E-state index in [9.17, 15) is 24.6 Å². The van der Waals surface area contributed by atoms with Crippen LogP contribution in [-0.4, -0.2) is 46.0 Å².